The van der Waals surface area contributed by atoms with E-state index < -0.39 is 0 Å². The van der Waals surface area contributed by atoms with Crippen molar-refractivity contribution in [3.63, 3.8) is 0 Å². The number of hydrogen-bond donors (Lipinski definition) is 0. The second-order valence-electron chi connectivity index (χ2n) is 7.09. The molecule has 5 nitrogen and oxygen atoms in total. The summed E-state index contributed by atoms with van der Waals surface area (Å²) in [6.45, 7) is 2.86. The summed E-state index contributed by atoms with van der Waals surface area (Å²) in [6.07, 6.45) is 1.61. The van der Waals surface area contributed by atoms with Crippen LogP contribution in [0.5, 0.6) is 5.75 Å². The lowest BCUT2D eigenvalue weighted by atomic mass is 10.1. The largest absolute Gasteiger partial charge is 0.494 e. The summed E-state index contributed by atoms with van der Waals surface area (Å²) in [6, 6.07) is 23.2. The van der Waals surface area contributed by atoms with Crippen molar-refractivity contribution in [2.45, 2.75) is 13.5 Å². The van der Waals surface area contributed by atoms with E-state index in [2.05, 4.69) is 0 Å². The van der Waals surface area contributed by atoms with Crippen LogP contribution in [0.2, 0.25) is 0 Å². The first kappa shape index (κ1) is 19.3. The molecule has 5 aromatic rings. The summed E-state index contributed by atoms with van der Waals surface area (Å²) in [5.41, 5.74) is 1.44. The average Bonchev–Trinajstić information content (AvgIpc) is 3.46. The Bertz CT molecular complexity index is 1360. The number of aromatic nitrogens is 1. The highest BCUT2D eigenvalue weighted by atomic mass is 32.1. The number of furan rings is 1. The molecule has 0 saturated carbocycles. The van der Waals surface area contributed by atoms with Gasteiger partial charge in [-0.3, -0.25) is 9.69 Å². The van der Waals surface area contributed by atoms with Crippen LogP contribution in [0.4, 0.5) is 5.13 Å². The molecule has 6 heteroatoms. The highest BCUT2D eigenvalue weighted by molar-refractivity contribution is 7.22. The van der Waals surface area contributed by atoms with E-state index in [0.29, 0.717) is 29.6 Å². The zero-order valence-corrected chi connectivity index (χ0v) is 17.8. The molecule has 31 heavy (non-hydrogen) atoms. The lowest BCUT2D eigenvalue weighted by Crippen LogP contribution is -2.30. The SMILES string of the molecule is CCOc1ccc2nc(N(Cc3ccco3)C(=O)c3ccc4ccccc4c3)sc2c1. The normalized spacial score (nSPS) is 11.1. The Morgan fingerprint density at radius 2 is 1.90 bits per heavy atom. The molecule has 0 unspecified atom stereocenters. The van der Waals surface area contributed by atoms with Crippen molar-refractivity contribution in [2.75, 3.05) is 11.5 Å². The maximum Gasteiger partial charge on any atom is 0.260 e. The van der Waals surface area contributed by atoms with Crippen molar-refractivity contribution in [3.8, 4) is 5.75 Å². The predicted molar refractivity (Wildman–Crippen MR) is 124 cm³/mol. The number of benzene rings is 3. The van der Waals surface area contributed by atoms with Crippen LogP contribution in [-0.2, 0) is 6.54 Å². The van der Waals surface area contributed by atoms with E-state index in [1.54, 1.807) is 11.2 Å². The fourth-order valence-electron chi connectivity index (χ4n) is 3.53. The summed E-state index contributed by atoms with van der Waals surface area (Å²) in [5.74, 6) is 1.37. The van der Waals surface area contributed by atoms with E-state index in [9.17, 15) is 4.79 Å². The van der Waals surface area contributed by atoms with E-state index in [1.807, 2.05) is 79.7 Å². The number of amides is 1. The molecule has 0 aliphatic carbocycles. The molecular weight excluding hydrogens is 408 g/mol. The molecule has 2 aromatic heterocycles. The van der Waals surface area contributed by atoms with Crippen LogP contribution < -0.4 is 9.64 Å². The Balaban J connectivity index is 1.56. The molecule has 154 valence electrons. The summed E-state index contributed by atoms with van der Waals surface area (Å²) >= 11 is 1.47. The molecule has 0 atom stereocenters. The van der Waals surface area contributed by atoms with Gasteiger partial charge in [-0.1, -0.05) is 41.7 Å². The first-order chi connectivity index (χ1) is 15.2. The quantitative estimate of drug-likeness (QED) is 0.319. The van der Waals surface area contributed by atoms with Gasteiger partial charge in [-0.05, 0) is 60.2 Å². The number of carbonyl (C=O) groups is 1. The van der Waals surface area contributed by atoms with E-state index in [-0.39, 0.29) is 5.91 Å². The number of anilines is 1. The van der Waals surface area contributed by atoms with Gasteiger partial charge in [-0.15, -0.1) is 0 Å². The Hall–Kier alpha value is -3.64. The lowest BCUT2D eigenvalue weighted by Gasteiger charge is -2.19. The molecular formula is C25H20N2O3S. The highest BCUT2D eigenvalue weighted by Gasteiger charge is 2.23. The fourth-order valence-corrected chi connectivity index (χ4v) is 4.52. The van der Waals surface area contributed by atoms with Crippen molar-refractivity contribution in [1.29, 1.82) is 0 Å². The van der Waals surface area contributed by atoms with Crippen molar-refractivity contribution >= 4 is 43.4 Å². The molecule has 0 spiro atoms. The minimum atomic E-state index is -0.119. The molecule has 0 aliphatic heterocycles. The zero-order chi connectivity index (χ0) is 21.2. The summed E-state index contributed by atoms with van der Waals surface area (Å²) in [4.78, 5) is 20.0. The lowest BCUT2D eigenvalue weighted by molar-refractivity contribution is 0.0983. The summed E-state index contributed by atoms with van der Waals surface area (Å²) in [5, 5.41) is 2.75. The molecule has 3 aromatic carbocycles. The van der Waals surface area contributed by atoms with Crippen molar-refractivity contribution in [1.82, 2.24) is 4.98 Å². The van der Waals surface area contributed by atoms with E-state index in [1.165, 1.54) is 11.3 Å². The smallest absolute Gasteiger partial charge is 0.260 e. The van der Waals surface area contributed by atoms with Crippen LogP contribution in [0, 0.1) is 0 Å². The monoisotopic (exact) mass is 428 g/mol. The Labute approximate surface area is 183 Å². The Morgan fingerprint density at radius 1 is 1.03 bits per heavy atom. The standard InChI is InChI=1S/C25H20N2O3S/c1-2-29-20-11-12-22-23(15-20)31-25(26-22)27(16-21-8-5-13-30-21)24(28)19-10-9-17-6-3-4-7-18(17)14-19/h3-15H,2,16H2,1H3. The van der Waals surface area contributed by atoms with Gasteiger partial charge in [-0.25, -0.2) is 4.98 Å². The van der Waals surface area contributed by atoms with Gasteiger partial charge in [0.05, 0.1) is 29.6 Å². The summed E-state index contributed by atoms with van der Waals surface area (Å²) in [7, 11) is 0. The van der Waals surface area contributed by atoms with Gasteiger partial charge in [0.15, 0.2) is 5.13 Å². The second kappa shape index (κ2) is 8.24. The molecule has 0 N–H and O–H groups in total. The number of ether oxygens (including phenoxy) is 1. The van der Waals surface area contributed by atoms with Crippen molar-refractivity contribution in [2.24, 2.45) is 0 Å². The average molecular weight is 429 g/mol. The van der Waals surface area contributed by atoms with Gasteiger partial charge in [0.1, 0.15) is 11.5 Å². The summed E-state index contributed by atoms with van der Waals surface area (Å²) < 4.78 is 12.1. The number of carbonyl (C=O) groups excluding carboxylic acids is 1. The van der Waals surface area contributed by atoms with Crippen LogP contribution in [0.1, 0.15) is 23.0 Å². The third-order valence-electron chi connectivity index (χ3n) is 5.03. The van der Waals surface area contributed by atoms with E-state index in [0.717, 1.165) is 26.7 Å². The number of fused-ring (bicyclic) bond motifs is 2. The molecule has 0 bridgehead atoms. The van der Waals surface area contributed by atoms with Crippen LogP contribution in [0.3, 0.4) is 0 Å². The van der Waals surface area contributed by atoms with Crippen LogP contribution >= 0.6 is 11.3 Å². The topological polar surface area (TPSA) is 55.6 Å². The van der Waals surface area contributed by atoms with Gasteiger partial charge in [0.25, 0.3) is 5.91 Å². The van der Waals surface area contributed by atoms with Crippen molar-refractivity contribution < 1.29 is 13.9 Å². The predicted octanol–water partition coefficient (Wildman–Crippen LogP) is 6.29. The van der Waals surface area contributed by atoms with Crippen LogP contribution in [0.25, 0.3) is 21.0 Å². The number of thiazole rings is 1. The number of rotatable bonds is 6. The van der Waals surface area contributed by atoms with Gasteiger partial charge >= 0.3 is 0 Å². The third kappa shape index (κ3) is 3.90. The Morgan fingerprint density at radius 3 is 2.71 bits per heavy atom. The van der Waals surface area contributed by atoms with Gasteiger partial charge in [0, 0.05) is 5.56 Å². The maximum absolute atomic E-state index is 13.6. The van der Waals surface area contributed by atoms with Crippen LogP contribution in [0.15, 0.2) is 83.5 Å². The van der Waals surface area contributed by atoms with Gasteiger partial charge in [0.2, 0.25) is 0 Å². The minimum Gasteiger partial charge on any atom is -0.494 e. The highest BCUT2D eigenvalue weighted by Crippen LogP contribution is 2.33. The first-order valence-electron chi connectivity index (χ1n) is 10.1. The van der Waals surface area contributed by atoms with E-state index in [4.69, 9.17) is 14.1 Å². The second-order valence-corrected chi connectivity index (χ2v) is 8.10. The molecule has 0 radical (unpaired) electrons. The van der Waals surface area contributed by atoms with Gasteiger partial charge in [-0.2, -0.15) is 0 Å². The molecule has 0 aliphatic rings. The van der Waals surface area contributed by atoms with Crippen molar-refractivity contribution in [3.05, 3.63) is 90.4 Å². The number of hydrogen-bond acceptors (Lipinski definition) is 5. The third-order valence-corrected chi connectivity index (χ3v) is 6.07. The van der Waals surface area contributed by atoms with Gasteiger partial charge < -0.3 is 9.15 Å². The Kier molecular flexibility index (Phi) is 5.14. The molecule has 0 fully saturated rings. The molecule has 5 rings (SSSR count). The maximum atomic E-state index is 13.6. The van der Waals surface area contributed by atoms with E-state index >= 15 is 0 Å². The minimum absolute atomic E-state index is 0.119. The molecule has 2 heterocycles. The number of nitrogens with zero attached hydrogens (tertiary/aromatic N) is 2. The zero-order valence-electron chi connectivity index (χ0n) is 16.9. The first-order valence-corrected chi connectivity index (χ1v) is 10.9. The van der Waals surface area contributed by atoms with Crippen LogP contribution in [-0.4, -0.2) is 17.5 Å². The molecule has 1 amide bonds. The fraction of sp³-hybridized carbons (Fsp3) is 0.120. The molecule has 0 saturated heterocycles.